The van der Waals surface area contributed by atoms with Crippen LogP contribution in [0.4, 0.5) is 11.6 Å². The van der Waals surface area contributed by atoms with Crippen molar-refractivity contribution in [3.8, 4) is 0 Å². The summed E-state index contributed by atoms with van der Waals surface area (Å²) in [6, 6.07) is 4.70. The van der Waals surface area contributed by atoms with E-state index in [1.807, 2.05) is 19.2 Å². The van der Waals surface area contributed by atoms with Gasteiger partial charge in [0, 0.05) is 22.8 Å². The number of rotatable bonds is 6. The molecule has 4 heterocycles. The summed E-state index contributed by atoms with van der Waals surface area (Å²) in [5.74, 6) is 0.953. The lowest BCUT2D eigenvalue weighted by Gasteiger charge is -2.41. The highest BCUT2D eigenvalue weighted by atomic mass is 35.5. The zero-order valence-electron chi connectivity index (χ0n) is 19.4. The van der Waals surface area contributed by atoms with Crippen LogP contribution in [0.5, 0.6) is 0 Å². The first-order valence-corrected chi connectivity index (χ1v) is 11.9. The summed E-state index contributed by atoms with van der Waals surface area (Å²) in [7, 11) is 0. The molecule has 0 radical (unpaired) electrons. The molecular formula is C24H31ClN6O2. The van der Waals surface area contributed by atoms with Crippen molar-refractivity contribution >= 4 is 34.1 Å². The first-order valence-electron chi connectivity index (χ1n) is 11.6. The van der Waals surface area contributed by atoms with E-state index in [0.29, 0.717) is 24.5 Å². The molecule has 2 N–H and O–H groups in total. The number of benzene rings is 1. The molecule has 0 spiro atoms. The van der Waals surface area contributed by atoms with E-state index in [4.69, 9.17) is 21.3 Å². The molecule has 3 aromatic rings. The van der Waals surface area contributed by atoms with Crippen molar-refractivity contribution < 1.29 is 9.84 Å². The van der Waals surface area contributed by atoms with E-state index in [1.165, 1.54) is 5.56 Å². The smallest absolute Gasteiger partial charge is 0.227 e. The van der Waals surface area contributed by atoms with Crippen molar-refractivity contribution in [2.24, 2.45) is 0 Å². The van der Waals surface area contributed by atoms with Crippen LogP contribution in [-0.4, -0.2) is 67.7 Å². The number of ether oxygens (including phenoxy) is 1. The molecule has 2 fully saturated rings. The number of halogens is 1. The number of anilines is 2. The number of hydrogen-bond acceptors (Lipinski definition) is 7. The van der Waals surface area contributed by atoms with Crippen molar-refractivity contribution in [1.82, 2.24) is 24.6 Å². The molecule has 33 heavy (non-hydrogen) atoms. The second-order valence-electron chi connectivity index (χ2n) is 9.89. The first-order chi connectivity index (χ1) is 15.7. The number of nitrogens with zero attached hydrogens (tertiary/aromatic N) is 5. The normalized spacial score (nSPS) is 18.6. The van der Waals surface area contributed by atoms with Gasteiger partial charge in [0.15, 0.2) is 0 Å². The van der Waals surface area contributed by atoms with E-state index in [9.17, 15) is 5.11 Å². The Kier molecular flexibility index (Phi) is 6.03. The Morgan fingerprint density at radius 1 is 1.24 bits per heavy atom. The number of nitrogens with one attached hydrogen (secondary N) is 1. The number of aryl methyl sites for hydroxylation is 1. The Morgan fingerprint density at radius 3 is 2.67 bits per heavy atom. The number of aliphatic hydroxyl groups is 1. The maximum absolute atomic E-state index is 10.1. The lowest BCUT2D eigenvalue weighted by atomic mass is 9.88. The number of likely N-dealkylation sites (tertiary alicyclic amines) is 1. The predicted octanol–water partition coefficient (Wildman–Crippen LogP) is 3.88. The van der Waals surface area contributed by atoms with Gasteiger partial charge in [0.1, 0.15) is 0 Å². The molecule has 0 atom stereocenters. The van der Waals surface area contributed by atoms with Crippen LogP contribution in [0.15, 0.2) is 24.5 Å². The lowest BCUT2D eigenvalue weighted by Crippen LogP contribution is -2.51. The van der Waals surface area contributed by atoms with E-state index < -0.39 is 5.60 Å². The third-order valence-corrected chi connectivity index (χ3v) is 6.87. The predicted molar refractivity (Wildman–Crippen MR) is 129 cm³/mol. The summed E-state index contributed by atoms with van der Waals surface area (Å²) in [5, 5.41) is 19.5. The first kappa shape index (κ1) is 22.5. The van der Waals surface area contributed by atoms with Gasteiger partial charge in [-0.2, -0.15) is 5.10 Å². The van der Waals surface area contributed by atoms with Crippen LogP contribution in [0, 0.1) is 6.92 Å². The summed E-state index contributed by atoms with van der Waals surface area (Å²) in [4.78, 5) is 11.8. The highest BCUT2D eigenvalue weighted by Crippen LogP contribution is 2.36. The van der Waals surface area contributed by atoms with Gasteiger partial charge in [0.2, 0.25) is 5.95 Å². The molecule has 2 aromatic heterocycles. The molecule has 1 aromatic carbocycles. The molecule has 8 nitrogen and oxygen atoms in total. The molecule has 0 saturated carbocycles. The Morgan fingerprint density at radius 2 is 2.00 bits per heavy atom. The van der Waals surface area contributed by atoms with Crippen LogP contribution in [-0.2, 0) is 11.3 Å². The minimum Gasteiger partial charge on any atom is -0.389 e. The van der Waals surface area contributed by atoms with E-state index >= 15 is 0 Å². The largest absolute Gasteiger partial charge is 0.389 e. The van der Waals surface area contributed by atoms with Gasteiger partial charge in [-0.05, 0) is 70.3 Å². The third kappa shape index (κ3) is 4.99. The van der Waals surface area contributed by atoms with E-state index in [-0.39, 0.29) is 0 Å². The molecule has 176 valence electrons. The quantitative estimate of drug-likeness (QED) is 0.565. The van der Waals surface area contributed by atoms with Gasteiger partial charge in [-0.1, -0.05) is 11.6 Å². The molecule has 0 aliphatic carbocycles. The molecule has 9 heteroatoms. The average molecular weight is 471 g/mol. The number of piperidine rings is 1. The standard InChI is InChI=1S/C24H31ClN6O2/c1-15-22(11-31(29-15)14-24(2,3)32)28-23-26-10-17-8-20(25)19(9-21(17)27-23)16-4-6-30(7-5-16)18-12-33-13-18/h8-11,16,18,32H,4-7,12-14H2,1-3H3,(H,26,27,28). The van der Waals surface area contributed by atoms with Crippen molar-refractivity contribution in [3.05, 3.63) is 40.8 Å². The minimum absolute atomic E-state index is 0.405. The van der Waals surface area contributed by atoms with Crippen LogP contribution in [0.1, 0.15) is 43.9 Å². The van der Waals surface area contributed by atoms with Gasteiger partial charge in [0.05, 0.1) is 48.3 Å². The fourth-order valence-corrected chi connectivity index (χ4v) is 5.01. The van der Waals surface area contributed by atoms with Crippen LogP contribution in [0.25, 0.3) is 10.9 Å². The van der Waals surface area contributed by atoms with E-state index in [1.54, 1.807) is 24.7 Å². The molecule has 2 aliphatic rings. The SMILES string of the molecule is Cc1nn(CC(C)(C)O)cc1Nc1ncc2cc(Cl)c(C3CCN(C4COC4)CC3)cc2n1. The summed E-state index contributed by atoms with van der Waals surface area (Å²) in [5.41, 5.74) is 2.85. The summed E-state index contributed by atoms with van der Waals surface area (Å²) < 4.78 is 7.09. The Hall–Kier alpha value is -2.26. The Balaban J connectivity index is 1.34. The zero-order chi connectivity index (χ0) is 23.2. The van der Waals surface area contributed by atoms with Gasteiger partial charge in [-0.3, -0.25) is 9.58 Å². The maximum Gasteiger partial charge on any atom is 0.227 e. The van der Waals surface area contributed by atoms with Crippen LogP contribution in [0.2, 0.25) is 5.02 Å². The number of hydrogen-bond donors (Lipinski definition) is 2. The molecular weight excluding hydrogens is 440 g/mol. The van der Waals surface area contributed by atoms with E-state index in [0.717, 1.165) is 66.5 Å². The topological polar surface area (TPSA) is 88.3 Å². The summed E-state index contributed by atoms with van der Waals surface area (Å²) in [6.45, 7) is 9.74. The van der Waals surface area contributed by atoms with Crippen LogP contribution in [0.3, 0.4) is 0 Å². The van der Waals surface area contributed by atoms with Crippen molar-refractivity contribution in [3.63, 3.8) is 0 Å². The van der Waals surface area contributed by atoms with Crippen LogP contribution < -0.4 is 5.32 Å². The molecule has 2 saturated heterocycles. The Labute approximate surface area is 198 Å². The second kappa shape index (κ2) is 8.83. The van der Waals surface area contributed by atoms with E-state index in [2.05, 4.69) is 26.4 Å². The minimum atomic E-state index is -0.841. The Bertz CT molecular complexity index is 1150. The van der Waals surface area contributed by atoms with Gasteiger partial charge in [0.25, 0.3) is 0 Å². The summed E-state index contributed by atoms with van der Waals surface area (Å²) in [6.07, 6.45) is 5.86. The molecule has 2 aliphatic heterocycles. The van der Waals surface area contributed by atoms with Crippen molar-refractivity contribution in [2.75, 3.05) is 31.6 Å². The van der Waals surface area contributed by atoms with Crippen molar-refractivity contribution in [2.45, 2.75) is 57.7 Å². The average Bonchev–Trinajstić information content (AvgIpc) is 3.04. The fraction of sp³-hybridized carbons (Fsp3) is 0.542. The monoisotopic (exact) mass is 470 g/mol. The molecule has 0 bridgehead atoms. The highest BCUT2D eigenvalue weighted by Gasteiger charge is 2.30. The fourth-order valence-electron chi connectivity index (χ4n) is 4.69. The molecule has 0 unspecified atom stereocenters. The highest BCUT2D eigenvalue weighted by molar-refractivity contribution is 6.32. The summed E-state index contributed by atoms with van der Waals surface area (Å²) >= 11 is 6.68. The number of fused-ring (bicyclic) bond motifs is 1. The van der Waals surface area contributed by atoms with Gasteiger partial charge in [-0.25, -0.2) is 9.97 Å². The van der Waals surface area contributed by atoms with Gasteiger partial charge in [-0.15, -0.1) is 0 Å². The van der Waals surface area contributed by atoms with Gasteiger partial charge >= 0.3 is 0 Å². The zero-order valence-corrected chi connectivity index (χ0v) is 20.1. The second-order valence-corrected chi connectivity index (χ2v) is 10.3. The van der Waals surface area contributed by atoms with Gasteiger partial charge < -0.3 is 15.2 Å². The lowest BCUT2D eigenvalue weighted by molar-refractivity contribution is -0.0712. The van der Waals surface area contributed by atoms with Crippen LogP contribution >= 0.6 is 11.6 Å². The third-order valence-electron chi connectivity index (χ3n) is 6.55. The maximum atomic E-state index is 10.1. The molecule has 0 amide bonds. The molecule has 5 rings (SSSR count). The number of aromatic nitrogens is 4. The van der Waals surface area contributed by atoms with Crippen molar-refractivity contribution in [1.29, 1.82) is 0 Å².